The van der Waals surface area contributed by atoms with Gasteiger partial charge < -0.3 is 23.6 Å². The number of carbonyl (C=O) groups excluding carboxylic acids is 1. The highest BCUT2D eigenvalue weighted by Gasteiger charge is 2.25. The van der Waals surface area contributed by atoms with E-state index < -0.39 is 13.5 Å². The van der Waals surface area contributed by atoms with Crippen LogP contribution >= 0.6 is 18.9 Å². The summed E-state index contributed by atoms with van der Waals surface area (Å²) in [5.74, 6) is -0.218. The van der Waals surface area contributed by atoms with Crippen molar-refractivity contribution in [3.8, 4) is 11.5 Å². The highest BCUT2D eigenvalue weighted by molar-refractivity contribution is 7.53. The lowest BCUT2D eigenvalue weighted by molar-refractivity contribution is 0.0915. The quantitative estimate of drug-likeness (QED) is 0.453. The van der Waals surface area contributed by atoms with Crippen LogP contribution in [-0.2, 0) is 24.5 Å². The number of hydrogen-bond acceptors (Lipinski definition) is 9. The maximum atomic E-state index is 12.6. The second-order valence-electron chi connectivity index (χ2n) is 6.30. The standard InChI is InChI=1S/C19H27N2O7PS/c1-5-26-29(24,27-6-2)11-15-12-30-19(20-15)21-18(23)14-7-16(22)9-17(8-14)28-13(3)10-25-4/h7-9,12-13,22H,5-6,10-11H2,1-4H3,(H,20,21,23)/t13-/m0/s1. The molecule has 2 rings (SSSR count). The third-order valence-corrected chi connectivity index (χ3v) is 6.49. The first-order chi connectivity index (χ1) is 14.3. The number of nitrogens with zero attached hydrogens (tertiary/aromatic N) is 1. The minimum atomic E-state index is -3.28. The summed E-state index contributed by atoms with van der Waals surface area (Å²) in [5, 5.41) is 14.6. The van der Waals surface area contributed by atoms with Gasteiger partial charge in [0.05, 0.1) is 31.7 Å². The maximum absolute atomic E-state index is 12.6. The first-order valence-corrected chi connectivity index (χ1v) is 12.0. The van der Waals surface area contributed by atoms with E-state index in [0.717, 1.165) is 0 Å². The first kappa shape index (κ1) is 24.3. The van der Waals surface area contributed by atoms with Gasteiger partial charge in [0, 0.05) is 24.1 Å². The summed E-state index contributed by atoms with van der Waals surface area (Å²) in [6.45, 7) is 6.18. The van der Waals surface area contributed by atoms with Gasteiger partial charge >= 0.3 is 7.60 Å². The van der Waals surface area contributed by atoms with Crippen molar-refractivity contribution in [2.45, 2.75) is 33.0 Å². The lowest BCUT2D eigenvalue weighted by Crippen LogP contribution is -2.18. The number of phenols is 1. The van der Waals surface area contributed by atoms with Crippen molar-refractivity contribution in [2.24, 2.45) is 0 Å². The molecule has 11 heteroatoms. The van der Waals surface area contributed by atoms with E-state index in [1.54, 1.807) is 26.3 Å². The maximum Gasteiger partial charge on any atom is 0.336 e. The summed E-state index contributed by atoms with van der Waals surface area (Å²) >= 11 is 1.19. The number of rotatable bonds is 12. The van der Waals surface area contributed by atoms with Crippen molar-refractivity contribution in [2.75, 3.05) is 32.2 Å². The summed E-state index contributed by atoms with van der Waals surface area (Å²) in [7, 11) is -1.72. The van der Waals surface area contributed by atoms with Crippen molar-refractivity contribution in [3.05, 3.63) is 34.8 Å². The minimum Gasteiger partial charge on any atom is -0.508 e. The van der Waals surface area contributed by atoms with Crippen molar-refractivity contribution in [3.63, 3.8) is 0 Å². The number of ether oxygens (including phenoxy) is 2. The third-order valence-electron chi connectivity index (χ3n) is 3.67. The van der Waals surface area contributed by atoms with Crippen LogP contribution in [0.25, 0.3) is 0 Å². The Kier molecular flexibility index (Phi) is 9.26. The number of hydrogen-bond donors (Lipinski definition) is 2. The Balaban J connectivity index is 2.08. The number of amides is 1. The van der Waals surface area contributed by atoms with Gasteiger partial charge in [-0.15, -0.1) is 11.3 Å². The molecule has 0 radical (unpaired) electrons. The van der Waals surface area contributed by atoms with Gasteiger partial charge in [-0.25, -0.2) is 4.98 Å². The predicted octanol–water partition coefficient (Wildman–Crippen LogP) is 4.28. The van der Waals surface area contributed by atoms with Crippen LogP contribution in [0.3, 0.4) is 0 Å². The molecular formula is C19H27N2O7PS. The SMILES string of the molecule is CCOP(=O)(Cc1csc(NC(=O)c2cc(O)cc(O[C@@H](C)COC)c2)n1)OCC. The molecule has 1 aromatic carbocycles. The summed E-state index contributed by atoms with van der Waals surface area (Å²) in [4.78, 5) is 16.9. The van der Waals surface area contributed by atoms with Crippen LogP contribution < -0.4 is 10.1 Å². The Bertz CT molecular complexity index is 880. The zero-order valence-electron chi connectivity index (χ0n) is 17.4. The summed E-state index contributed by atoms with van der Waals surface area (Å²) in [6, 6.07) is 4.27. The molecule has 0 aliphatic rings. The van der Waals surface area contributed by atoms with Crippen molar-refractivity contribution >= 4 is 30.0 Å². The van der Waals surface area contributed by atoms with E-state index in [4.69, 9.17) is 18.5 Å². The Labute approximate surface area is 179 Å². The van der Waals surface area contributed by atoms with Gasteiger partial charge in [0.1, 0.15) is 17.6 Å². The van der Waals surface area contributed by atoms with Crippen LogP contribution in [0.2, 0.25) is 0 Å². The number of benzene rings is 1. The summed E-state index contributed by atoms with van der Waals surface area (Å²) in [5.41, 5.74) is 0.703. The average Bonchev–Trinajstić information content (AvgIpc) is 3.08. The molecule has 0 aliphatic carbocycles. The second-order valence-corrected chi connectivity index (χ2v) is 9.21. The molecule has 9 nitrogen and oxygen atoms in total. The molecule has 0 aliphatic heterocycles. The van der Waals surface area contributed by atoms with Crippen molar-refractivity contribution in [1.82, 2.24) is 4.98 Å². The number of carbonyl (C=O) groups is 1. The molecule has 30 heavy (non-hydrogen) atoms. The zero-order valence-corrected chi connectivity index (χ0v) is 19.1. The Morgan fingerprint density at radius 3 is 2.60 bits per heavy atom. The number of aromatic nitrogens is 1. The van der Waals surface area contributed by atoms with Gasteiger partial charge in [0.15, 0.2) is 5.13 Å². The van der Waals surface area contributed by atoms with Gasteiger partial charge in [-0.3, -0.25) is 14.7 Å². The van der Waals surface area contributed by atoms with Gasteiger partial charge in [-0.2, -0.15) is 0 Å². The molecule has 166 valence electrons. The van der Waals surface area contributed by atoms with Crippen molar-refractivity contribution < 1.29 is 33.0 Å². The van der Waals surface area contributed by atoms with E-state index in [-0.39, 0.29) is 36.8 Å². The van der Waals surface area contributed by atoms with E-state index in [9.17, 15) is 14.5 Å². The predicted molar refractivity (Wildman–Crippen MR) is 115 cm³/mol. The first-order valence-electron chi connectivity index (χ1n) is 9.42. The molecule has 2 aromatic rings. The molecule has 0 fully saturated rings. The van der Waals surface area contributed by atoms with Crippen molar-refractivity contribution in [1.29, 1.82) is 0 Å². The van der Waals surface area contributed by atoms with Crippen LogP contribution in [0.1, 0.15) is 36.8 Å². The van der Waals surface area contributed by atoms with Crippen LogP contribution in [0.4, 0.5) is 5.13 Å². The molecule has 0 saturated heterocycles. The molecule has 1 heterocycles. The summed E-state index contributed by atoms with van der Waals surface area (Å²) < 4.78 is 33.8. The van der Waals surface area contributed by atoms with Gasteiger partial charge in [0.25, 0.3) is 5.91 Å². The minimum absolute atomic E-state index is 0.0164. The lowest BCUT2D eigenvalue weighted by Gasteiger charge is -2.15. The number of aromatic hydroxyl groups is 1. The molecule has 0 bridgehead atoms. The largest absolute Gasteiger partial charge is 0.508 e. The monoisotopic (exact) mass is 458 g/mol. The van der Waals surface area contributed by atoms with Crippen LogP contribution in [0, 0.1) is 0 Å². The number of nitrogens with one attached hydrogen (secondary N) is 1. The fourth-order valence-corrected chi connectivity index (χ4v) is 5.04. The van der Waals surface area contributed by atoms with E-state index >= 15 is 0 Å². The number of anilines is 1. The Morgan fingerprint density at radius 1 is 1.27 bits per heavy atom. The summed E-state index contributed by atoms with van der Waals surface area (Å²) in [6.07, 6.45) is -0.233. The fourth-order valence-electron chi connectivity index (χ4n) is 2.61. The smallest absolute Gasteiger partial charge is 0.336 e. The fraction of sp³-hybridized carbons (Fsp3) is 0.474. The molecule has 2 N–H and O–H groups in total. The molecule has 0 saturated carbocycles. The van der Waals surface area contributed by atoms with Gasteiger partial charge in [-0.1, -0.05) is 0 Å². The normalized spacial score (nSPS) is 12.5. The van der Waals surface area contributed by atoms with Gasteiger partial charge in [-0.05, 0) is 32.9 Å². The van der Waals surface area contributed by atoms with Crippen LogP contribution in [0.5, 0.6) is 11.5 Å². The van der Waals surface area contributed by atoms with E-state index in [1.807, 2.05) is 6.92 Å². The van der Waals surface area contributed by atoms with Crippen LogP contribution in [-0.4, -0.2) is 49.0 Å². The molecule has 0 unspecified atom stereocenters. The molecule has 1 atom stereocenters. The average molecular weight is 458 g/mol. The van der Waals surface area contributed by atoms with Gasteiger partial charge in [0.2, 0.25) is 0 Å². The molecule has 1 amide bonds. The second kappa shape index (κ2) is 11.4. The number of thiazole rings is 1. The Morgan fingerprint density at radius 2 is 1.97 bits per heavy atom. The number of phenolic OH excluding ortho intramolecular Hbond substituents is 1. The molecular weight excluding hydrogens is 431 g/mol. The number of methoxy groups -OCH3 is 1. The highest BCUT2D eigenvalue weighted by atomic mass is 32.1. The highest BCUT2D eigenvalue weighted by Crippen LogP contribution is 2.51. The van der Waals surface area contributed by atoms with E-state index in [1.165, 1.54) is 29.5 Å². The Hall–Kier alpha value is -1.97. The third kappa shape index (κ3) is 7.37. The van der Waals surface area contributed by atoms with Crippen LogP contribution in [0.15, 0.2) is 23.6 Å². The zero-order chi connectivity index (χ0) is 22.1. The molecule has 1 aromatic heterocycles. The van der Waals surface area contributed by atoms with E-state index in [0.29, 0.717) is 23.2 Å². The topological polar surface area (TPSA) is 116 Å². The lowest BCUT2D eigenvalue weighted by atomic mass is 10.2. The van der Waals surface area contributed by atoms with E-state index in [2.05, 4.69) is 10.3 Å². The molecule has 0 spiro atoms.